The van der Waals surface area contributed by atoms with Crippen molar-refractivity contribution in [2.45, 2.75) is 50.7 Å². The van der Waals surface area contributed by atoms with Crippen molar-refractivity contribution >= 4 is 5.78 Å². The summed E-state index contributed by atoms with van der Waals surface area (Å²) in [5, 5.41) is 0. The second-order valence-corrected chi connectivity index (χ2v) is 4.75. The summed E-state index contributed by atoms with van der Waals surface area (Å²) in [6.45, 7) is 1.94. The minimum Gasteiger partial charge on any atom is -0.381 e. The zero-order chi connectivity index (χ0) is 10.7. The van der Waals surface area contributed by atoms with E-state index in [1.54, 1.807) is 0 Å². The van der Waals surface area contributed by atoms with Crippen molar-refractivity contribution in [3.8, 4) is 0 Å². The van der Waals surface area contributed by atoms with E-state index < -0.39 is 0 Å². The van der Waals surface area contributed by atoms with Crippen molar-refractivity contribution in [2.24, 2.45) is 0 Å². The number of ketones is 1. The molecule has 2 fully saturated rings. The highest BCUT2D eigenvalue weighted by atomic mass is 16.5. The summed E-state index contributed by atoms with van der Waals surface area (Å²) >= 11 is 0. The van der Waals surface area contributed by atoms with Crippen LogP contribution in [-0.2, 0) is 9.53 Å². The van der Waals surface area contributed by atoms with Crippen LogP contribution < -0.4 is 0 Å². The van der Waals surface area contributed by atoms with Crippen LogP contribution in [0.15, 0.2) is 0 Å². The quantitative estimate of drug-likeness (QED) is 0.695. The molecule has 1 heterocycles. The van der Waals surface area contributed by atoms with E-state index in [1.807, 2.05) is 7.11 Å². The summed E-state index contributed by atoms with van der Waals surface area (Å²) < 4.78 is 5.44. The van der Waals surface area contributed by atoms with Gasteiger partial charge in [-0.15, -0.1) is 0 Å². The molecule has 0 amide bonds. The lowest BCUT2D eigenvalue weighted by Crippen LogP contribution is -2.45. The Morgan fingerprint density at radius 1 is 1.27 bits per heavy atom. The third-order valence-corrected chi connectivity index (χ3v) is 3.80. The largest absolute Gasteiger partial charge is 0.381 e. The van der Waals surface area contributed by atoms with Crippen LogP contribution in [0.4, 0.5) is 0 Å². The second-order valence-electron chi connectivity index (χ2n) is 4.75. The van der Waals surface area contributed by atoms with Gasteiger partial charge in [0.2, 0.25) is 0 Å². The van der Waals surface area contributed by atoms with Crippen LogP contribution in [0, 0.1) is 0 Å². The van der Waals surface area contributed by atoms with Crippen LogP contribution >= 0.6 is 0 Å². The summed E-state index contributed by atoms with van der Waals surface area (Å²) in [6.07, 6.45) is 6.88. The van der Waals surface area contributed by atoms with Crippen LogP contribution in [0.5, 0.6) is 0 Å². The number of methoxy groups -OCH3 is 1. The van der Waals surface area contributed by atoms with Gasteiger partial charge in [-0.2, -0.15) is 0 Å². The molecule has 0 N–H and O–H groups in total. The number of carbonyl (C=O) groups excluding carboxylic acids is 1. The van der Waals surface area contributed by atoms with E-state index >= 15 is 0 Å². The van der Waals surface area contributed by atoms with E-state index in [-0.39, 0.29) is 0 Å². The molecule has 3 heteroatoms. The number of ether oxygens (including phenoxy) is 1. The van der Waals surface area contributed by atoms with Crippen molar-refractivity contribution in [1.29, 1.82) is 0 Å². The Bertz CT molecular complexity index is 220. The second kappa shape index (κ2) is 5.08. The topological polar surface area (TPSA) is 29.5 Å². The summed E-state index contributed by atoms with van der Waals surface area (Å²) in [5.74, 6) is 0.436. The summed E-state index contributed by atoms with van der Waals surface area (Å²) in [6, 6.07) is 0.664. The molecular weight excluding hydrogens is 190 g/mol. The molecule has 0 radical (unpaired) electrons. The first-order valence-electron chi connectivity index (χ1n) is 6.08. The van der Waals surface area contributed by atoms with E-state index in [2.05, 4.69) is 4.90 Å². The predicted octanol–water partition coefficient (Wildman–Crippen LogP) is 1.61. The molecule has 86 valence electrons. The summed E-state index contributed by atoms with van der Waals surface area (Å²) in [4.78, 5) is 13.7. The summed E-state index contributed by atoms with van der Waals surface area (Å²) in [5.41, 5.74) is 0. The highest BCUT2D eigenvalue weighted by molar-refractivity contribution is 5.79. The van der Waals surface area contributed by atoms with Gasteiger partial charge in [-0.25, -0.2) is 0 Å². The van der Waals surface area contributed by atoms with E-state index in [9.17, 15) is 4.79 Å². The molecule has 0 aromatic carbocycles. The Hall–Kier alpha value is -0.410. The average Bonchev–Trinajstić information content (AvgIpc) is 2.30. The zero-order valence-corrected chi connectivity index (χ0v) is 9.58. The molecule has 2 rings (SSSR count). The lowest BCUT2D eigenvalue weighted by atomic mass is 9.90. The van der Waals surface area contributed by atoms with Gasteiger partial charge in [-0.3, -0.25) is 9.69 Å². The summed E-state index contributed by atoms with van der Waals surface area (Å²) in [7, 11) is 1.81. The lowest BCUT2D eigenvalue weighted by molar-refractivity contribution is -0.122. The number of carbonyl (C=O) groups is 1. The Balaban J connectivity index is 1.84. The van der Waals surface area contributed by atoms with Crippen molar-refractivity contribution < 1.29 is 9.53 Å². The maximum Gasteiger partial charge on any atom is 0.135 e. The maximum absolute atomic E-state index is 11.2. The third-order valence-electron chi connectivity index (χ3n) is 3.80. The monoisotopic (exact) mass is 211 g/mol. The van der Waals surface area contributed by atoms with Gasteiger partial charge in [0.15, 0.2) is 0 Å². The van der Waals surface area contributed by atoms with Gasteiger partial charge in [-0.1, -0.05) is 0 Å². The molecule has 1 aliphatic heterocycles. The van der Waals surface area contributed by atoms with Crippen LogP contribution in [0.3, 0.4) is 0 Å². The van der Waals surface area contributed by atoms with Crippen LogP contribution in [0.2, 0.25) is 0 Å². The smallest absolute Gasteiger partial charge is 0.135 e. The van der Waals surface area contributed by atoms with Crippen LogP contribution in [0.25, 0.3) is 0 Å². The Morgan fingerprint density at radius 3 is 2.67 bits per heavy atom. The first kappa shape index (κ1) is 11.1. The molecule has 3 nitrogen and oxygen atoms in total. The highest BCUT2D eigenvalue weighted by Gasteiger charge is 2.28. The van der Waals surface area contributed by atoms with Gasteiger partial charge in [0.1, 0.15) is 5.78 Å². The minimum atomic E-state index is 0.436. The molecule has 0 spiro atoms. The van der Waals surface area contributed by atoms with Crippen molar-refractivity contribution in [3.63, 3.8) is 0 Å². The maximum atomic E-state index is 11.2. The number of likely N-dealkylation sites (tertiary alicyclic amines) is 1. The number of piperidine rings is 1. The van der Waals surface area contributed by atoms with Crippen molar-refractivity contribution in [2.75, 3.05) is 20.2 Å². The van der Waals surface area contributed by atoms with Gasteiger partial charge in [-0.05, 0) is 25.7 Å². The third kappa shape index (κ3) is 2.79. The molecule has 0 bridgehead atoms. The number of nitrogens with zero attached hydrogens (tertiary/aromatic N) is 1. The zero-order valence-electron chi connectivity index (χ0n) is 9.58. The van der Waals surface area contributed by atoms with Crippen LogP contribution in [0.1, 0.15) is 38.5 Å². The van der Waals surface area contributed by atoms with Gasteiger partial charge < -0.3 is 4.74 Å². The van der Waals surface area contributed by atoms with E-state index in [1.165, 1.54) is 19.3 Å². The molecule has 0 aromatic rings. The number of Topliss-reactive ketones (excluding diaryl/α,β-unsaturated/α-hetero) is 1. The fourth-order valence-electron chi connectivity index (χ4n) is 2.80. The van der Waals surface area contributed by atoms with Crippen molar-refractivity contribution in [1.82, 2.24) is 4.90 Å². The van der Waals surface area contributed by atoms with Crippen molar-refractivity contribution in [3.05, 3.63) is 0 Å². The fraction of sp³-hybridized carbons (Fsp3) is 0.917. The standard InChI is InChI=1S/C12H21NO2/c1-15-12-4-2-3-10(9-12)13-7-5-11(14)6-8-13/h10,12H,2-9H2,1H3/t10-,12+/m0/s1. The van der Waals surface area contributed by atoms with Gasteiger partial charge in [0.25, 0.3) is 0 Å². The molecule has 1 aliphatic carbocycles. The van der Waals surface area contributed by atoms with Gasteiger partial charge in [0, 0.05) is 39.1 Å². The molecule has 1 saturated carbocycles. The molecule has 0 unspecified atom stereocenters. The fourth-order valence-corrected chi connectivity index (χ4v) is 2.80. The minimum absolute atomic E-state index is 0.436. The lowest BCUT2D eigenvalue weighted by Gasteiger charge is -2.38. The average molecular weight is 211 g/mol. The van der Waals surface area contributed by atoms with Gasteiger partial charge >= 0.3 is 0 Å². The first-order chi connectivity index (χ1) is 7.29. The normalized spacial score (nSPS) is 34.3. The Morgan fingerprint density at radius 2 is 2.00 bits per heavy atom. The Labute approximate surface area is 91.8 Å². The Kier molecular flexibility index (Phi) is 3.76. The first-order valence-corrected chi connectivity index (χ1v) is 6.08. The van der Waals surface area contributed by atoms with E-state index in [0.717, 1.165) is 32.4 Å². The van der Waals surface area contributed by atoms with E-state index in [0.29, 0.717) is 17.9 Å². The molecule has 2 aliphatic rings. The SMILES string of the molecule is CO[C@@H]1CCC[C@H](N2CCC(=O)CC2)C1. The van der Waals surface area contributed by atoms with Gasteiger partial charge in [0.05, 0.1) is 6.10 Å². The van der Waals surface area contributed by atoms with E-state index in [4.69, 9.17) is 4.74 Å². The molecule has 0 aromatic heterocycles. The predicted molar refractivity (Wildman–Crippen MR) is 58.9 cm³/mol. The van der Waals surface area contributed by atoms with Crippen LogP contribution in [-0.4, -0.2) is 43.0 Å². The number of hydrogen-bond acceptors (Lipinski definition) is 3. The molecular formula is C12H21NO2. The number of rotatable bonds is 2. The highest BCUT2D eigenvalue weighted by Crippen LogP contribution is 2.26. The molecule has 2 atom stereocenters. The number of hydrogen-bond donors (Lipinski definition) is 0. The molecule has 1 saturated heterocycles. The molecule has 15 heavy (non-hydrogen) atoms.